The maximum Gasteiger partial charge on any atom is 0.229 e. The summed E-state index contributed by atoms with van der Waals surface area (Å²) in [5, 5.41) is 13.8. The Morgan fingerprint density at radius 2 is 1.85 bits per heavy atom. The van der Waals surface area contributed by atoms with Gasteiger partial charge >= 0.3 is 0 Å². The number of hydrogen-bond donors (Lipinski definition) is 2. The first-order chi connectivity index (χ1) is 15.9. The molecule has 5 rings (SSSR count). The van der Waals surface area contributed by atoms with E-state index in [9.17, 15) is 8.42 Å². The number of benzene rings is 2. The maximum absolute atomic E-state index is 11.4. The van der Waals surface area contributed by atoms with Gasteiger partial charge in [-0.25, -0.2) is 13.4 Å². The SMILES string of the molecule is CS(=O)(=O)Nc1ccc(-c2csc(N(Cc3ccccn3)c3ccc4n[nH]nc4c3)n2)cc1. The molecular weight excluding hydrogens is 458 g/mol. The summed E-state index contributed by atoms with van der Waals surface area (Å²) in [7, 11) is -3.32. The Kier molecular flexibility index (Phi) is 5.48. The number of fused-ring (bicyclic) bond motifs is 1. The fraction of sp³-hybridized carbons (Fsp3) is 0.0909. The highest BCUT2D eigenvalue weighted by Crippen LogP contribution is 2.34. The Labute approximate surface area is 194 Å². The van der Waals surface area contributed by atoms with Crippen LogP contribution in [0.3, 0.4) is 0 Å². The fourth-order valence-corrected chi connectivity index (χ4v) is 4.78. The number of H-pyrrole nitrogens is 1. The van der Waals surface area contributed by atoms with Crippen LogP contribution in [0, 0.1) is 0 Å². The molecule has 0 aliphatic carbocycles. The van der Waals surface area contributed by atoms with Crippen molar-refractivity contribution < 1.29 is 8.42 Å². The molecule has 0 saturated heterocycles. The number of rotatable bonds is 7. The minimum Gasteiger partial charge on any atom is -0.312 e. The van der Waals surface area contributed by atoms with E-state index < -0.39 is 10.0 Å². The van der Waals surface area contributed by atoms with Crippen LogP contribution in [0.15, 0.2) is 72.2 Å². The summed E-state index contributed by atoms with van der Waals surface area (Å²) >= 11 is 1.52. The number of anilines is 3. The van der Waals surface area contributed by atoms with E-state index in [1.807, 2.05) is 53.9 Å². The topological polar surface area (TPSA) is 117 Å². The van der Waals surface area contributed by atoms with Gasteiger partial charge in [-0.1, -0.05) is 18.2 Å². The molecule has 9 nitrogen and oxygen atoms in total. The van der Waals surface area contributed by atoms with Gasteiger partial charge in [-0.3, -0.25) is 9.71 Å². The summed E-state index contributed by atoms with van der Waals surface area (Å²) in [5.74, 6) is 0. The molecule has 0 bridgehead atoms. The van der Waals surface area contributed by atoms with Crippen LogP contribution in [-0.2, 0) is 16.6 Å². The molecule has 33 heavy (non-hydrogen) atoms. The second-order valence-electron chi connectivity index (χ2n) is 7.37. The van der Waals surface area contributed by atoms with Gasteiger partial charge in [0.1, 0.15) is 11.0 Å². The van der Waals surface area contributed by atoms with Gasteiger partial charge in [-0.15, -0.1) is 11.3 Å². The van der Waals surface area contributed by atoms with Crippen LogP contribution in [0.25, 0.3) is 22.3 Å². The fourth-order valence-electron chi connectivity index (χ4n) is 3.36. The van der Waals surface area contributed by atoms with Crippen LogP contribution >= 0.6 is 11.3 Å². The molecule has 0 unspecified atom stereocenters. The molecule has 0 aliphatic heterocycles. The zero-order valence-corrected chi connectivity index (χ0v) is 19.1. The first-order valence-electron chi connectivity index (χ1n) is 9.96. The van der Waals surface area contributed by atoms with Gasteiger partial charge in [-0.2, -0.15) is 15.4 Å². The van der Waals surface area contributed by atoms with Gasteiger partial charge in [0.25, 0.3) is 0 Å². The predicted molar refractivity (Wildman–Crippen MR) is 130 cm³/mol. The van der Waals surface area contributed by atoms with Gasteiger partial charge in [0.05, 0.1) is 24.2 Å². The molecule has 0 spiro atoms. The molecule has 3 heterocycles. The third kappa shape index (κ3) is 4.83. The lowest BCUT2D eigenvalue weighted by atomic mass is 10.1. The van der Waals surface area contributed by atoms with Crippen molar-refractivity contribution in [1.82, 2.24) is 25.4 Å². The average Bonchev–Trinajstić information content (AvgIpc) is 3.47. The molecule has 3 aromatic heterocycles. The third-order valence-corrected chi connectivity index (χ3v) is 6.33. The molecule has 2 N–H and O–H groups in total. The van der Waals surface area contributed by atoms with E-state index in [1.165, 1.54) is 11.3 Å². The molecule has 0 aliphatic rings. The molecule has 0 radical (unpaired) electrons. The highest BCUT2D eigenvalue weighted by molar-refractivity contribution is 7.92. The van der Waals surface area contributed by atoms with Crippen molar-refractivity contribution in [3.63, 3.8) is 0 Å². The first-order valence-corrected chi connectivity index (χ1v) is 12.7. The van der Waals surface area contributed by atoms with Gasteiger partial charge in [0.2, 0.25) is 10.0 Å². The number of nitrogens with one attached hydrogen (secondary N) is 2. The predicted octanol–water partition coefficient (Wildman–Crippen LogP) is 4.19. The van der Waals surface area contributed by atoms with Gasteiger partial charge < -0.3 is 4.90 Å². The maximum atomic E-state index is 11.4. The van der Waals surface area contributed by atoms with E-state index in [-0.39, 0.29) is 0 Å². The van der Waals surface area contributed by atoms with Crippen LogP contribution in [0.4, 0.5) is 16.5 Å². The van der Waals surface area contributed by atoms with Crippen LogP contribution < -0.4 is 9.62 Å². The zero-order valence-electron chi connectivity index (χ0n) is 17.5. The smallest absolute Gasteiger partial charge is 0.229 e. The number of thiazole rings is 1. The normalized spacial score (nSPS) is 11.5. The molecule has 0 amide bonds. The van der Waals surface area contributed by atoms with Crippen molar-refractivity contribution in [2.75, 3.05) is 15.9 Å². The third-order valence-electron chi connectivity index (χ3n) is 4.86. The number of nitrogens with zero attached hydrogens (tertiary/aromatic N) is 5. The van der Waals surface area contributed by atoms with E-state index in [2.05, 4.69) is 30.0 Å². The molecular formula is C22H19N7O2S2. The van der Waals surface area contributed by atoms with Crippen molar-refractivity contribution in [2.24, 2.45) is 0 Å². The molecule has 0 saturated carbocycles. The van der Waals surface area contributed by atoms with Crippen molar-refractivity contribution in [3.05, 3.63) is 77.9 Å². The lowest BCUT2D eigenvalue weighted by Gasteiger charge is -2.21. The summed E-state index contributed by atoms with van der Waals surface area (Å²) in [4.78, 5) is 11.4. The number of aromatic amines is 1. The Bertz CT molecular complexity index is 1500. The highest BCUT2D eigenvalue weighted by atomic mass is 32.2. The second kappa shape index (κ2) is 8.60. The monoisotopic (exact) mass is 477 g/mol. The van der Waals surface area contributed by atoms with Crippen LogP contribution in [0.2, 0.25) is 0 Å². The van der Waals surface area contributed by atoms with Crippen LogP contribution in [0.5, 0.6) is 0 Å². The number of pyridine rings is 1. The van der Waals surface area contributed by atoms with Crippen molar-refractivity contribution in [1.29, 1.82) is 0 Å². The second-order valence-corrected chi connectivity index (χ2v) is 9.96. The summed E-state index contributed by atoms with van der Waals surface area (Å²) < 4.78 is 25.4. The van der Waals surface area contributed by atoms with Crippen molar-refractivity contribution in [2.45, 2.75) is 6.54 Å². The summed E-state index contributed by atoms with van der Waals surface area (Å²) in [6, 6.07) is 18.8. The van der Waals surface area contributed by atoms with Crippen LogP contribution in [0.1, 0.15) is 5.69 Å². The molecule has 11 heteroatoms. The number of hydrogen-bond acceptors (Lipinski definition) is 8. The Morgan fingerprint density at radius 3 is 2.61 bits per heavy atom. The van der Waals surface area contributed by atoms with E-state index in [4.69, 9.17) is 4.98 Å². The van der Waals surface area contributed by atoms with E-state index in [0.29, 0.717) is 12.2 Å². The molecule has 166 valence electrons. The summed E-state index contributed by atoms with van der Waals surface area (Å²) in [5.41, 5.74) is 5.59. The summed E-state index contributed by atoms with van der Waals surface area (Å²) in [6.07, 6.45) is 2.90. The highest BCUT2D eigenvalue weighted by Gasteiger charge is 2.17. The summed E-state index contributed by atoms with van der Waals surface area (Å²) in [6.45, 7) is 0.536. The number of aromatic nitrogens is 5. The quantitative estimate of drug-likeness (QED) is 0.361. The van der Waals surface area contributed by atoms with Gasteiger partial charge in [-0.05, 0) is 42.5 Å². The first kappa shape index (κ1) is 21.0. The minimum absolute atomic E-state index is 0.509. The number of sulfonamides is 1. The van der Waals surface area contributed by atoms with E-state index in [1.54, 1.807) is 18.3 Å². The average molecular weight is 478 g/mol. The van der Waals surface area contributed by atoms with E-state index in [0.717, 1.165) is 45.1 Å². The van der Waals surface area contributed by atoms with E-state index >= 15 is 0 Å². The Balaban J connectivity index is 1.48. The zero-order chi connectivity index (χ0) is 22.8. The minimum atomic E-state index is -3.32. The Hall–Kier alpha value is -3.83. The standard InChI is InChI=1S/C22H19N7O2S2/c1-33(30,31)27-16-7-5-15(6-8-16)21-14-32-22(24-21)29(13-17-4-2-3-11-23-17)18-9-10-19-20(12-18)26-28-25-19/h2-12,14,27H,13H2,1H3,(H,25,26,28). The molecule has 0 atom stereocenters. The van der Waals surface area contributed by atoms with Crippen molar-refractivity contribution in [3.8, 4) is 11.3 Å². The molecule has 2 aromatic carbocycles. The molecule has 5 aromatic rings. The van der Waals surface area contributed by atoms with Gasteiger partial charge in [0.15, 0.2) is 5.13 Å². The lowest BCUT2D eigenvalue weighted by molar-refractivity contribution is 0.607. The largest absolute Gasteiger partial charge is 0.312 e. The lowest BCUT2D eigenvalue weighted by Crippen LogP contribution is -2.17. The van der Waals surface area contributed by atoms with Crippen LogP contribution in [-0.4, -0.2) is 40.1 Å². The molecule has 0 fully saturated rings. The van der Waals surface area contributed by atoms with Crippen molar-refractivity contribution >= 4 is 48.9 Å². The Morgan fingerprint density at radius 1 is 1.03 bits per heavy atom. The van der Waals surface area contributed by atoms with Gasteiger partial charge in [0, 0.05) is 28.5 Å².